The Labute approximate surface area is 139 Å². The van der Waals surface area contributed by atoms with Crippen LogP contribution in [0, 0.1) is 24.3 Å². The van der Waals surface area contributed by atoms with Crippen molar-refractivity contribution in [2.45, 2.75) is 26.1 Å². The first kappa shape index (κ1) is 15.6. The molecule has 0 bridgehead atoms. The maximum absolute atomic E-state index is 6.70. The van der Waals surface area contributed by atoms with E-state index in [0.717, 1.165) is 28.0 Å². The fraction of sp³-hybridized carbons (Fsp3) is 0.294. The minimum atomic E-state index is -0.134. The smallest absolute Gasteiger partial charge is 0.124 e. The van der Waals surface area contributed by atoms with Gasteiger partial charge < -0.3 is 4.74 Å². The number of ether oxygens (including phenoxy) is 1. The molecule has 1 nitrogen and oxygen atoms in total. The van der Waals surface area contributed by atoms with Crippen LogP contribution in [0.2, 0.25) is 0 Å². The largest absolute Gasteiger partial charge is 0.496 e. The molecule has 0 fully saturated rings. The maximum atomic E-state index is 6.70. The quantitative estimate of drug-likeness (QED) is 0.484. The van der Waals surface area contributed by atoms with E-state index in [9.17, 15) is 0 Å². The van der Waals surface area contributed by atoms with E-state index in [2.05, 4.69) is 73.7 Å². The molecule has 1 atom stereocenters. The highest BCUT2D eigenvalue weighted by atomic mass is 127. The molecule has 2 aromatic carbocycles. The molecule has 0 saturated heterocycles. The Kier molecular flexibility index (Phi) is 4.97. The van der Waals surface area contributed by atoms with Gasteiger partial charge in [-0.2, -0.15) is 0 Å². The predicted octanol–water partition coefficient (Wildman–Crippen LogP) is 5.55. The highest BCUT2D eigenvalue weighted by Crippen LogP contribution is 2.36. The number of benzene rings is 2. The Bertz CT molecular complexity index is 614. The Hall–Kier alpha value is -0.740. The number of methoxy groups -OCH3 is 1. The average Bonchev–Trinajstić information content (AvgIpc) is 2.41. The zero-order valence-corrected chi connectivity index (χ0v) is 15.0. The van der Waals surface area contributed by atoms with Crippen LogP contribution in [0.3, 0.4) is 0 Å². The van der Waals surface area contributed by atoms with Crippen molar-refractivity contribution < 1.29 is 4.74 Å². The maximum Gasteiger partial charge on any atom is 0.124 e. The second-order valence-corrected chi connectivity index (χ2v) is 6.54. The summed E-state index contributed by atoms with van der Waals surface area (Å²) in [7, 11) is 1.71. The Morgan fingerprint density at radius 3 is 2.20 bits per heavy atom. The number of aryl methyl sites for hydroxylation is 3. The predicted molar refractivity (Wildman–Crippen MR) is 94.1 cm³/mol. The minimum absolute atomic E-state index is 0.134. The Morgan fingerprint density at radius 1 is 1.05 bits per heavy atom. The molecule has 0 spiro atoms. The molecule has 0 aliphatic carbocycles. The van der Waals surface area contributed by atoms with E-state index in [4.69, 9.17) is 16.3 Å². The first-order valence-electron chi connectivity index (χ1n) is 6.50. The van der Waals surface area contributed by atoms with E-state index in [1.54, 1.807) is 7.11 Å². The van der Waals surface area contributed by atoms with Gasteiger partial charge in [-0.05, 0) is 71.2 Å². The van der Waals surface area contributed by atoms with Crippen LogP contribution >= 0.6 is 34.2 Å². The summed E-state index contributed by atoms with van der Waals surface area (Å²) in [4.78, 5) is 0. The third-order valence-corrected chi connectivity index (χ3v) is 5.43. The van der Waals surface area contributed by atoms with E-state index >= 15 is 0 Å². The molecule has 3 heteroatoms. The van der Waals surface area contributed by atoms with Gasteiger partial charge in [0, 0.05) is 3.57 Å². The molecule has 20 heavy (non-hydrogen) atoms. The van der Waals surface area contributed by atoms with Gasteiger partial charge in [0.05, 0.1) is 12.5 Å². The van der Waals surface area contributed by atoms with Crippen molar-refractivity contribution in [1.29, 1.82) is 0 Å². The summed E-state index contributed by atoms with van der Waals surface area (Å²) in [5.74, 6) is 0.941. The van der Waals surface area contributed by atoms with Crippen molar-refractivity contribution in [2.75, 3.05) is 7.11 Å². The molecular formula is C17H18ClIO. The number of hydrogen-bond acceptors (Lipinski definition) is 1. The molecule has 106 valence electrons. The normalized spacial score (nSPS) is 12.3. The van der Waals surface area contributed by atoms with Gasteiger partial charge in [0.25, 0.3) is 0 Å². The van der Waals surface area contributed by atoms with Crippen LogP contribution in [0.5, 0.6) is 5.75 Å². The Balaban J connectivity index is 2.49. The lowest BCUT2D eigenvalue weighted by molar-refractivity contribution is 0.408. The van der Waals surface area contributed by atoms with Crippen molar-refractivity contribution in [3.8, 4) is 5.75 Å². The molecule has 0 amide bonds. The molecule has 0 aliphatic rings. The third-order valence-electron chi connectivity index (χ3n) is 3.47. The monoisotopic (exact) mass is 400 g/mol. The van der Waals surface area contributed by atoms with Crippen LogP contribution in [0.4, 0.5) is 0 Å². The molecule has 2 rings (SSSR count). The molecule has 0 saturated carbocycles. The van der Waals surface area contributed by atoms with Gasteiger partial charge >= 0.3 is 0 Å². The summed E-state index contributed by atoms with van der Waals surface area (Å²) in [6.45, 7) is 6.22. The van der Waals surface area contributed by atoms with Crippen LogP contribution < -0.4 is 4.74 Å². The summed E-state index contributed by atoms with van der Waals surface area (Å²) in [6.07, 6.45) is 0. The average molecular weight is 401 g/mol. The van der Waals surface area contributed by atoms with Crippen molar-refractivity contribution in [2.24, 2.45) is 0 Å². The summed E-state index contributed by atoms with van der Waals surface area (Å²) in [5.41, 5.74) is 5.78. The number of alkyl halides is 1. The summed E-state index contributed by atoms with van der Waals surface area (Å²) < 4.78 is 6.65. The van der Waals surface area contributed by atoms with Crippen LogP contribution in [0.25, 0.3) is 0 Å². The molecule has 2 aromatic rings. The Morgan fingerprint density at radius 2 is 1.65 bits per heavy atom. The first-order valence-corrected chi connectivity index (χ1v) is 8.01. The zero-order chi connectivity index (χ0) is 14.9. The fourth-order valence-electron chi connectivity index (χ4n) is 2.50. The highest BCUT2D eigenvalue weighted by molar-refractivity contribution is 14.1. The van der Waals surface area contributed by atoms with Crippen LogP contribution in [-0.2, 0) is 0 Å². The van der Waals surface area contributed by atoms with Gasteiger partial charge in [-0.15, -0.1) is 11.6 Å². The van der Waals surface area contributed by atoms with Crippen molar-refractivity contribution in [1.82, 2.24) is 0 Å². The number of halogens is 2. The topological polar surface area (TPSA) is 9.23 Å². The van der Waals surface area contributed by atoms with E-state index in [-0.39, 0.29) is 5.38 Å². The molecule has 1 unspecified atom stereocenters. The van der Waals surface area contributed by atoms with E-state index in [1.807, 2.05) is 0 Å². The van der Waals surface area contributed by atoms with E-state index in [1.165, 1.54) is 9.13 Å². The SMILES string of the molecule is COc1c(C)cc(C(Cl)c2cccc(C)c2I)cc1C. The van der Waals surface area contributed by atoms with E-state index < -0.39 is 0 Å². The van der Waals surface area contributed by atoms with Gasteiger partial charge in [0.2, 0.25) is 0 Å². The third kappa shape index (κ3) is 2.96. The van der Waals surface area contributed by atoms with Gasteiger partial charge in [0.15, 0.2) is 0 Å². The molecule has 0 aliphatic heterocycles. The van der Waals surface area contributed by atoms with Crippen molar-refractivity contribution in [3.63, 3.8) is 0 Å². The first-order chi connectivity index (χ1) is 9.45. The fourth-order valence-corrected chi connectivity index (χ4v) is 3.66. The second-order valence-electron chi connectivity index (χ2n) is 5.03. The van der Waals surface area contributed by atoms with Crippen LogP contribution in [0.1, 0.15) is 33.2 Å². The van der Waals surface area contributed by atoms with E-state index in [0.29, 0.717) is 0 Å². The lowest BCUT2D eigenvalue weighted by atomic mass is 9.98. The number of rotatable bonds is 3. The highest BCUT2D eigenvalue weighted by Gasteiger charge is 2.17. The lowest BCUT2D eigenvalue weighted by Gasteiger charge is -2.17. The van der Waals surface area contributed by atoms with Gasteiger partial charge in [-0.1, -0.05) is 30.3 Å². The summed E-state index contributed by atoms with van der Waals surface area (Å²) in [6, 6.07) is 10.5. The molecule has 0 radical (unpaired) electrons. The molecular weight excluding hydrogens is 383 g/mol. The van der Waals surface area contributed by atoms with Gasteiger partial charge in [0.1, 0.15) is 5.75 Å². The standard InChI is InChI=1S/C17H18ClIO/c1-10-6-5-7-14(16(10)19)15(18)13-8-11(2)17(20-4)12(3)9-13/h5-9,15H,1-4H3. The number of hydrogen-bond donors (Lipinski definition) is 0. The van der Waals surface area contributed by atoms with Crippen molar-refractivity contribution >= 4 is 34.2 Å². The molecule has 0 aromatic heterocycles. The minimum Gasteiger partial charge on any atom is -0.496 e. The van der Waals surface area contributed by atoms with Crippen LogP contribution in [-0.4, -0.2) is 7.11 Å². The van der Waals surface area contributed by atoms with Gasteiger partial charge in [-0.3, -0.25) is 0 Å². The lowest BCUT2D eigenvalue weighted by Crippen LogP contribution is -2.00. The zero-order valence-electron chi connectivity index (χ0n) is 12.1. The molecule has 0 N–H and O–H groups in total. The van der Waals surface area contributed by atoms with Crippen molar-refractivity contribution in [3.05, 3.63) is 61.7 Å². The second kappa shape index (κ2) is 6.35. The van der Waals surface area contributed by atoms with Crippen LogP contribution in [0.15, 0.2) is 30.3 Å². The summed E-state index contributed by atoms with van der Waals surface area (Å²) >= 11 is 9.07. The molecule has 0 heterocycles. The van der Waals surface area contributed by atoms with Gasteiger partial charge in [-0.25, -0.2) is 0 Å². The summed E-state index contributed by atoms with van der Waals surface area (Å²) in [5, 5.41) is -0.134.